The van der Waals surface area contributed by atoms with Crippen LogP contribution in [0.25, 0.3) is 0 Å². The molecule has 0 aliphatic carbocycles. The molecule has 2 rings (SSSR count). The highest BCUT2D eigenvalue weighted by atomic mass is 32.1. The van der Waals surface area contributed by atoms with E-state index in [1.54, 1.807) is 24.4 Å². The molecule has 0 aliphatic rings. The summed E-state index contributed by atoms with van der Waals surface area (Å²) in [4.78, 5) is 26.8. The molecule has 0 saturated heterocycles. The molecule has 122 valence electrons. The van der Waals surface area contributed by atoms with Gasteiger partial charge in [0.25, 0.3) is 0 Å². The van der Waals surface area contributed by atoms with E-state index in [9.17, 15) is 9.59 Å². The Bertz CT molecular complexity index is 712. The second-order valence-electron chi connectivity index (χ2n) is 4.79. The molecule has 6 nitrogen and oxygen atoms in total. The zero-order valence-electron chi connectivity index (χ0n) is 13.2. The first kappa shape index (κ1) is 17.0. The largest absolute Gasteiger partial charge is 0.486 e. The van der Waals surface area contributed by atoms with Gasteiger partial charge in [-0.1, -0.05) is 0 Å². The van der Waals surface area contributed by atoms with Crippen molar-refractivity contribution in [3.63, 3.8) is 0 Å². The van der Waals surface area contributed by atoms with Crippen molar-refractivity contribution in [1.29, 1.82) is 0 Å². The Balaban J connectivity index is 1.97. The molecular weight excluding hydrogens is 316 g/mol. The number of carbonyl (C=O) groups is 2. The Hall–Kier alpha value is -2.41. The number of anilines is 1. The van der Waals surface area contributed by atoms with Crippen molar-refractivity contribution in [2.75, 3.05) is 11.9 Å². The molecule has 0 radical (unpaired) electrons. The molecule has 1 heterocycles. The maximum Gasteiger partial charge on any atom is 0.357 e. The van der Waals surface area contributed by atoms with Crippen LogP contribution in [0.4, 0.5) is 5.69 Å². The van der Waals surface area contributed by atoms with Crippen LogP contribution in [0.3, 0.4) is 0 Å². The van der Waals surface area contributed by atoms with E-state index >= 15 is 0 Å². The van der Waals surface area contributed by atoms with Crippen LogP contribution >= 0.6 is 11.3 Å². The second kappa shape index (κ2) is 7.73. The van der Waals surface area contributed by atoms with Gasteiger partial charge in [-0.3, -0.25) is 4.79 Å². The number of ether oxygens (including phenoxy) is 2. The molecule has 23 heavy (non-hydrogen) atoms. The van der Waals surface area contributed by atoms with Crippen LogP contribution in [0.1, 0.15) is 34.9 Å². The van der Waals surface area contributed by atoms with Crippen molar-refractivity contribution >= 4 is 28.9 Å². The fourth-order valence-corrected chi connectivity index (χ4v) is 2.55. The number of rotatable bonds is 6. The third-order valence-electron chi connectivity index (χ3n) is 2.91. The van der Waals surface area contributed by atoms with E-state index in [2.05, 4.69) is 10.3 Å². The van der Waals surface area contributed by atoms with Crippen molar-refractivity contribution < 1.29 is 19.1 Å². The highest BCUT2D eigenvalue weighted by Gasteiger charge is 2.12. The molecule has 0 fully saturated rings. The predicted molar refractivity (Wildman–Crippen MR) is 87.9 cm³/mol. The summed E-state index contributed by atoms with van der Waals surface area (Å²) in [5.41, 5.74) is 1.96. The van der Waals surface area contributed by atoms with Crippen molar-refractivity contribution in [2.45, 2.75) is 27.4 Å². The van der Waals surface area contributed by atoms with Crippen LogP contribution < -0.4 is 10.1 Å². The molecule has 2 aromatic rings. The number of aromatic nitrogens is 1. The molecule has 0 saturated carbocycles. The highest BCUT2D eigenvalue weighted by Crippen LogP contribution is 2.22. The number of nitrogens with zero attached hydrogens (tertiary/aromatic N) is 1. The molecule has 0 bridgehead atoms. The topological polar surface area (TPSA) is 77.5 Å². The lowest BCUT2D eigenvalue weighted by Gasteiger charge is -2.09. The van der Waals surface area contributed by atoms with Crippen LogP contribution in [0.2, 0.25) is 0 Å². The second-order valence-corrected chi connectivity index (χ2v) is 5.74. The quantitative estimate of drug-likeness (QED) is 0.821. The van der Waals surface area contributed by atoms with Gasteiger partial charge in [0.1, 0.15) is 17.4 Å². The number of aryl methyl sites for hydroxylation is 1. The number of thiazole rings is 1. The average molecular weight is 334 g/mol. The number of esters is 1. The van der Waals surface area contributed by atoms with Gasteiger partial charge in [0.05, 0.1) is 6.61 Å². The summed E-state index contributed by atoms with van der Waals surface area (Å²) in [6, 6.07) is 5.40. The van der Waals surface area contributed by atoms with Crippen molar-refractivity contribution in [2.24, 2.45) is 0 Å². The van der Waals surface area contributed by atoms with Crippen molar-refractivity contribution in [1.82, 2.24) is 4.98 Å². The van der Waals surface area contributed by atoms with E-state index < -0.39 is 5.97 Å². The van der Waals surface area contributed by atoms with E-state index in [4.69, 9.17) is 9.47 Å². The standard InChI is InChI=1S/C16H18N2O4S/c1-4-21-16(20)14-9-23-15(18-14)8-22-12-5-6-13(10(2)7-12)17-11(3)19/h5-7,9H,4,8H2,1-3H3,(H,17,19). The zero-order chi connectivity index (χ0) is 16.8. The molecule has 7 heteroatoms. The molecular formula is C16H18N2O4S. The summed E-state index contributed by atoms with van der Waals surface area (Å²) in [6.45, 7) is 5.69. The lowest BCUT2D eigenvalue weighted by molar-refractivity contribution is -0.114. The monoisotopic (exact) mass is 334 g/mol. The molecule has 1 aromatic heterocycles. The number of hydrogen-bond donors (Lipinski definition) is 1. The number of amides is 1. The minimum absolute atomic E-state index is 0.115. The Morgan fingerprint density at radius 1 is 1.35 bits per heavy atom. The number of carbonyl (C=O) groups excluding carboxylic acids is 2. The molecule has 0 spiro atoms. The van der Waals surface area contributed by atoms with Gasteiger partial charge in [0.15, 0.2) is 5.69 Å². The fourth-order valence-electron chi connectivity index (χ4n) is 1.88. The smallest absolute Gasteiger partial charge is 0.357 e. The van der Waals surface area contributed by atoms with Crippen LogP contribution in [-0.4, -0.2) is 23.5 Å². The minimum atomic E-state index is -0.425. The van der Waals surface area contributed by atoms with Crippen molar-refractivity contribution in [3.8, 4) is 5.75 Å². The third kappa shape index (κ3) is 4.79. The summed E-state index contributed by atoms with van der Waals surface area (Å²) in [6.07, 6.45) is 0. The Labute approximate surface area is 138 Å². The summed E-state index contributed by atoms with van der Waals surface area (Å²) in [5, 5.41) is 5.09. The van der Waals surface area contributed by atoms with Gasteiger partial charge in [0, 0.05) is 18.0 Å². The number of hydrogen-bond acceptors (Lipinski definition) is 6. The van der Waals surface area contributed by atoms with Crippen LogP contribution in [-0.2, 0) is 16.1 Å². The lowest BCUT2D eigenvalue weighted by Crippen LogP contribution is -2.07. The molecule has 0 aliphatic heterocycles. The SMILES string of the molecule is CCOC(=O)c1csc(COc2ccc(NC(C)=O)c(C)c2)n1. The fraction of sp³-hybridized carbons (Fsp3) is 0.312. The Morgan fingerprint density at radius 3 is 2.78 bits per heavy atom. The van der Waals surface area contributed by atoms with Gasteiger partial charge in [-0.15, -0.1) is 11.3 Å². The van der Waals surface area contributed by atoms with E-state index in [1.165, 1.54) is 18.3 Å². The third-order valence-corrected chi connectivity index (χ3v) is 3.73. The van der Waals surface area contributed by atoms with Gasteiger partial charge in [-0.05, 0) is 37.6 Å². The molecule has 1 aromatic carbocycles. The maximum atomic E-state index is 11.5. The molecule has 1 amide bonds. The van der Waals surface area contributed by atoms with Gasteiger partial charge < -0.3 is 14.8 Å². The van der Waals surface area contributed by atoms with Crippen LogP contribution in [0, 0.1) is 6.92 Å². The van der Waals surface area contributed by atoms with Gasteiger partial charge in [0.2, 0.25) is 5.91 Å². The van der Waals surface area contributed by atoms with Crippen LogP contribution in [0.5, 0.6) is 5.75 Å². The Morgan fingerprint density at radius 2 is 2.13 bits per heavy atom. The summed E-state index contributed by atoms with van der Waals surface area (Å²) < 4.78 is 10.6. The summed E-state index contributed by atoms with van der Waals surface area (Å²) in [5.74, 6) is 0.131. The number of benzene rings is 1. The van der Waals surface area contributed by atoms with E-state index in [1.807, 2.05) is 13.0 Å². The molecule has 0 unspecified atom stereocenters. The lowest BCUT2D eigenvalue weighted by atomic mass is 10.2. The summed E-state index contributed by atoms with van der Waals surface area (Å²) >= 11 is 1.34. The summed E-state index contributed by atoms with van der Waals surface area (Å²) in [7, 11) is 0. The molecule has 1 N–H and O–H groups in total. The minimum Gasteiger partial charge on any atom is -0.486 e. The first-order valence-corrected chi connectivity index (χ1v) is 8.00. The van der Waals surface area contributed by atoms with Gasteiger partial charge >= 0.3 is 5.97 Å². The Kier molecular flexibility index (Phi) is 5.70. The predicted octanol–water partition coefficient (Wildman–Crippen LogP) is 3.17. The van der Waals surface area contributed by atoms with Gasteiger partial charge in [-0.25, -0.2) is 9.78 Å². The van der Waals surface area contributed by atoms with Crippen molar-refractivity contribution in [3.05, 3.63) is 39.8 Å². The average Bonchev–Trinajstić information content (AvgIpc) is 2.96. The van der Waals surface area contributed by atoms with E-state index in [0.717, 1.165) is 11.3 Å². The normalized spacial score (nSPS) is 10.2. The first-order valence-electron chi connectivity index (χ1n) is 7.12. The molecule has 0 atom stereocenters. The van der Waals surface area contributed by atoms with Crippen LogP contribution in [0.15, 0.2) is 23.6 Å². The first-order chi connectivity index (χ1) is 11.0. The maximum absolute atomic E-state index is 11.5. The van der Waals surface area contributed by atoms with E-state index in [0.29, 0.717) is 23.1 Å². The van der Waals surface area contributed by atoms with E-state index in [-0.39, 0.29) is 12.5 Å². The highest BCUT2D eigenvalue weighted by molar-refractivity contribution is 7.09. The van der Waals surface area contributed by atoms with Gasteiger partial charge in [-0.2, -0.15) is 0 Å². The number of nitrogens with one attached hydrogen (secondary N) is 1. The zero-order valence-corrected chi connectivity index (χ0v) is 14.0.